The highest BCUT2D eigenvalue weighted by Gasteiger charge is 2.27. The molecule has 15 heavy (non-hydrogen) atoms. The van der Waals surface area contributed by atoms with Crippen LogP contribution in [0.4, 0.5) is 0 Å². The molecule has 0 spiro atoms. The molecule has 0 aromatic rings. The minimum Gasteiger partial charge on any atom is -1.00 e. The van der Waals surface area contributed by atoms with Crippen LogP contribution in [0.2, 0.25) is 0 Å². The quantitative estimate of drug-likeness (QED) is 0.249. The lowest BCUT2D eigenvalue weighted by molar-refractivity contribution is -0.917. The van der Waals surface area contributed by atoms with Crippen LogP contribution in [0, 0.1) is 0 Å². The zero-order valence-electron chi connectivity index (χ0n) is 9.79. The Balaban J connectivity index is 0. The van der Waals surface area contributed by atoms with Crippen molar-refractivity contribution >= 4 is 5.97 Å². The van der Waals surface area contributed by atoms with Crippen molar-refractivity contribution in [3.63, 3.8) is 0 Å². The highest BCUT2D eigenvalue weighted by molar-refractivity contribution is 5.86. The van der Waals surface area contributed by atoms with E-state index in [0.29, 0.717) is 16.5 Å². The number of carbonyl (C=O) groups is 1. The largest absolute Gasteiger partial charge is 1.00 e. The zero-order chi connectivity index (χ0) is 11.4. The molecule has 0 radical (unpaired) electrons. The van der Waals surface area contributed by atoms with E-state index in [9.17, 15) is 4.79 Å². The van der Waals surface area contributed by atoms with Gasteiger partial charge in [0, 0.05) is 5.57 Å². The molecule has 1 atom stereocenters. The van der Waals surface area contributed by atoms with E-state index < -0.39 is 5.97 Å². The third kappa shape index (κ3) is 6.49. The lowest BCUT2D eigenvalue weighted by Gasteiger charge is -2.32. The van der Waals surface area contributed by atoms with Gasteiger partial charge in [0.15, 0.2) is 0 Å². The van der Waals surface area contributed by atoms with Crippen LogP contribution in [-0.4, -0.2) is 49.5 Å². The molecule has 0 bridgehead atoms. The third-order valence-electron chi connectivity index (χ3n) is 1.83. The summed E-state index contributed by atoms with van der Waals surface area (Å²) in [6.07, 6.45) is 0.104. The number of hydrogen-bond donors (Lipinski definition) is 1. The summed E-state index contributed by atoms with van der Waals surface area (Å²) in [5.74, 6) is -0.406. The Bertz CT molecular complexity index is 223. The summed E-state index contributed by atoms with van der Waals surface area (Å²) >= 11 is 0. The molecule has 0 amide bonds. The number of aliphatic hydroxyl groups excluding tert-OH is 1. The fourth-order valence-electron chi connectivity index (χ4n) is 0.939. The van der Waals surface area contributed by atoms with Crippen LogP contribution in [0.5, 0.6) is 0 Å². The number of esters is 1. The first-order chi connectivity index (χ1) is 6.29. The smallest absolute Gasteiger partial charge is 0.337 e. The van der Waals surface area contributed by atoms with Gasteiger partial charge in [0.25, 0.3) is 0 Å². The second-order valence-corrected chi connectivity index (χ2v) is 4.27. The second-order valence-electron chi connectivity index (χ2n) is 4.27. The Morgan fingerprint density at radius 1 is 1.47 bits per heavy atom. The molecule has 0 aromatic carbocycles. The number of halogens is 1. The minimum absolute atomic E-state index is 0. The lowest BCUT2D eigenvalue weighted by Crippen LogP contribution is -3.00. The maximum atomic E-state index is 11.3. The highest BCUT2D eigenvalue weighted by Crippen LogP contribution is 2.10. The topological polar surface area (TPSA) is 46.5 Å². The van der Waals surface area contributed by atoms with E-state index >= 15 is 0 Å². The maximum absolute atomic E-state index is 11.3. The van der Waals surface area contributed by atoms with Gasteiger partial charge in [0.1, 0.15) is 0 Å². The van der Waals surface area contributed by atoms with Gasteiger partial charge in [-0.2, -0.15) is 0 Å². The molecule has 0 saturated carbocycles. The summed E-state index contributed by atoms with van der Waals surface area (Å²) in [4.78, 5) is 11.3. The van der Waals surface area contributed by atoms with Crippen molar-refractivity contribution in [2.45, 2.75) is 19.6 Å². The first kappa shape index (κ1) is 16.8. The van der Waals surface area contributed by atoms with Crippen LogP contribution in [-0.2, 0) is 9.53 Å². The standard InChI is InChI=1S/C10H20NO3.ClH/c1-8(2)10(13)14-9(6-7-12)11(3,4)5;/h9,12H,1,6-7H2,2-5H3;1H/q+1;/p-1. The van der Waals surface area contributed by atoms with Gasteiger partial charge in [-0.25, -0.2) is 4.79 Å². The van der Waals surface area contributed by atoms with Crippen molar-refractivity contribution in [3.05, 3.63) is 12.2 Å². The molecule has 0 aliphatic heterocycles. The van der Waals surface area contributed by atoms with E-state index in [1.807, 2.05) is 21.1 Å². The predicted molar refractivity (Wildman–Crippen MR) is 54.4 cm³/mol. The summed E-state index contributed by atoms with van der Waals surface area (Å²) < 4.78 is 5.66. The first-order valence-corrected chi connectivity index (χ1v) is 4.57. The van der Waals surface area contributed by atoms with Crippen molar-refractivity contribution in [2.24, 2.45) is 0 Å². The molecule has 0 heterocycles. The third-order valence-corrected chi connectivity index (χ3v) is 1.83. The first-order valence-electron chi connectivity index (χ1n) is 4.57. The fourth-order valence-corrected chi connectivity index (χ4v) is 0.939. The summed E-state index contributed by atoms with van der Waals surface area (Å²) in [5.41, 5.74) is 0.376. The number of ether oxygens (including phenoxy) is 1. The molecule has 1 unspecified atom stereocenters. The summed E-state index contributed by atoms with van der Waals surface area (Å²) in [5, 5.41) is 8.83. The Hall–Kier alpha value is -0.580. The van der Waals surface area contributed by atoms with E-state index in [2.05, 4.69) is 6.58 Å². The average molecular weight is 238 g/mol. The normalized spacial score (nSPS) is 12.6. The van der Waals surface area contributed by atoms with Gasteiger partial charge in [0.2, 0.25) is 6.23 Å². The van der Waals surface area contributed by atoms with Crippen LogP contribution >= 0.6 is 0 Å². The monoisotopic (exact) mass is 237 g/mol. The van der Waals surface area contributed by atoms with Crippen LogP contribution in [0.25, 0.3) is 0 Å². The molecule has 0 aromatic heterocycles. The SMILES string of the molecule is C=C(C)C(=O)OC(CCO)[N+](C)(C)C.[Cl-]. The van der Waals surface area contributed by atoms with E-state index in [-0.39, 0.29) is 25.2 Å². The molecule has 4 nitrogen and oxygen atoms in total. The molecular weight excluding hydrogens is 218 g/mol. The second kappa shape index (κ2) is 6.82. The Kier molecular flexibility index (Phi) is 7.66. The number of nitrogens with zero attached hydrogens (tertiary/aromatic N) is 1. The zero-order valence-corrected chi connectivity index (χ0v) is 10.5. The van der Waals surface area contributed by atoms with E-state index in [1.54, 1.807) is 6.92 Å². The number of rotatable bonds is 5. The Morgan fingerprint density at radius 2 is 1.93 bits per heavy atom. The Morgan fingerprint density at radius 3 is 2.20 bits per heavy atom. The lowest BCUT2D eigenvalue weighted by atomic mass is 10.3. The van der Waals surface area contributed by atoms with E-state index in [0.717, 1.165) is 0 Å². The van der Waals surface area contributed by atoms with Gasteiger partial charge in [-0.05, 0) is 6.92 Å². The van der Waals surface area contributed by atoms with E-state index in [1.165, 1.54) is 0 Å². The van der Waals surface area contributed by atoms with Crippen molar-refractivity contribution < 1.29 is 31.5 Å². The highest BCUT2D eigenvalue weighted by atomic mass is 35.5. The number of quaternary nitrogens is 1. The predicted octanol–water partition coefficient (Wildman–Crippen LogP) is -2.48. The molecule has 90 valence electrons. The molecule has 0 fully saturated rings. The molecule has 0 aliphatic carbocycles. The number of carbonyl (C=O) groups excluding carboxylic acids is 1. The van der Waals surface area contributed by atoms with Crippen molar-refractivity contribution in [2.75, 3.05) is 27.7 Å². The molecule has 0 rings (SSSR count). The molecule has 0 saturated heterocycles. The van der Waals surface area contributed by atoms with Crippen LogP contribution in [0.3, 0.4) is 0 Å². The van der Waals surface area contributed by atoms with Gasteiger partial charge in [-0.3, -0.25) is 4.48 Å². The minimum atomic E-state index is -0.406. The van der Waals surface area contributed by atoms with Gasteiger partial charge in [0.05, 0.1) is 34.2 Å². The van der Waals surface area contributed by atoms with E-state index in [4.69, 9.17) is 9.84 Å². The summed E-state index contributed by atoms with van der Waals surface area (Å²) in [6.45, 7) is 5.12. The van der Waals surface area contributed by atoms with Crippen molar-refractivity contribution in [3.8, 4) is 0 Å². The number of hydrogen-bond acceptors (Lipinski definition) is 3. The van der Waals surface area contributed by atoms with Crippen molar-refractivity contribution in [1.82, 2.24) is 0 Å². The van der Waals surface area contributed by atoms with Crippen LogP contribution < -0.4 is 12.4 Å². The average Bonchev–Trinajstić information content (AvgIpc) is 2.01. The van der Waals surface area contributed by atoms with Gasteiger partial charge < -0.3 is 22.3 Å². The van der Waals surface area contributed by atoms with Crippen LogP contribution in [0.1, 0.15) is 13.3 Å². The Labute approximate surface area is 97.5 Å². The fraction of sp³-hybridized carbons (Fsp3) is 0.700. The molecule has 5 heteroatoms. The van der Waals surface area contributed by atoms with Gasteiger partial charge in [-0.15, -0.1) is 0 Å². The van der Waals surface area contributed by atoms with Gasteiger partial charge in [-0.1, -0.05) is 6.58 Å². The maximum Gasteiger partial charge on any atom is 0.337 e. The molecule has 0 aliphatic rings. The molecular formula is C10H20ClNO3. The van der Waals surface area contributed by atoms with Crippen molar-refractivity contribution in [1.29, 1.82) is 0 Å². The summed E-state index contributed by atoms with van der Waals surface area (Å²) in [6, 6.07) is 0. The summed E-state index contributed by atoms with van der Waals surface area (Å²) in [7, 11) is 5.73. The molecule has 1 N–H and O–H groups in total. The van der Waals surface area contributed by atoms with Crippen LogP contribution in [0.15, 0.2) is 12.2 Å². The number of aliphatic hydroxyl groups is 1. The van der Waals surface area contributed by atoms with Gasteiger partial charge >= 0.3 is 5.97 Å².